The summed E-state index contributed by atoms with van der Waals surface area (Å²) in [6.07, 6.45) is -1.65. The van der Waals surface area contributed by atoms with Crippen molar-refractivity contribution in [2.24, 2.45) is 0 Å². The topological polar surface area (TPSA) is 76.7 Å². The first-order valence-corrected chi connectivity index (χ1v) is 6.76. The van der Waals surface area contributed by atoms with Crippen molar-refractivity contribution in [3.8, 4) is 0 Å². The zero-order valence-corrected chi connectivity index (χ0v) is 13.2. The highest BCUT2D eigenvalue weighted by Gasteiger charge is 2.19. The van der Waals surface area contributed by atoms with E-state index in [-0.39, 0.29) is 0 Å². The fourth-order valence-electron chi connectivity index (χ4n) is 1.30. The molecule has 0 radical (unpaired) electrons. The van der Waals surface area contributed by atoms with Gasteiger partial charge in [0.15, 0.2) is 6.10 Å². The van der Waals surface area contributed by atoms with Crippen LogP contribution in [0, 0.1) is 0 Å². The number of rotatable bonds is 4. The van der Waals surface area contributed by atoms with Gasteiger partial charge in [0.2, 0.25) is 0 Å². The lowest BCUT2D eigenvalue weighted by molar-refractivity contribution is -0.130. The summed E-state index contributed by atoms with van der Waals surface area (Å²) >= 11 is 5.82. The van der Waals surface area contributed by atoms with E-state index in [1.54, 1.807) is 45.0 Å². The molecule has 0 bridgehead atoms. The van der Waals surface area contributed by atoms with Crippen LogP contribution in [0.5, 0.6) is 0 Å². The molecule has 0 aliphatic heterocycles. The van der Waals surface area contributed by atoms with Crippen LogP contribution in [0.4, 0.5) is 10.5 Å². The number of amides is 2. The Morgan fingerprint density at radius 2 is 1.95 bits per heavy atom. The summed E-state index contributed by atoms with van der Waals surface area (Å²) in [5, 5.41) is 3.12. The first-order valence-electron chi connectivity index (χ1n) is 6.38. The molecule has 116 valence electrons. The highest BCUT2D eigenvalue weighted by atomic mass is 35.5. The van der Waals surface area contributed by atoms with Crippen molar-refractivity contribution in [1.82, 2.24) is 5.48 Å². The number of ether oxygens (including phenoxy) is 1. The zero-order valence-electron chi connectivity index (χ0n) is 12.4. The van der Waals surface area contributed by atoms with Gasteiger partial charge in [0.1, 0.15) is 5.60 Å². The Hall–Kier alpha value is -1.79. The van der Waals surface area contributed by atoms with Crippen molar-refractivity contribution in [2.45, 2.75) is 39.4 Å². The third-order valence-corrected chi connectivity index (χ3v) is 2.41. The summed E-state index contributed by atoms with van der Waals surface area (Å²) in [7, 11) is 0. The normalized spacial score (nSPS) is 12.4. The molecule has 2 amide bonds. The Morgan fingerprint density at radius 1 is 1.29 bits per heavy atom. The summed E-state index contributed by atoms with van der Waals surface area (Å²) in [6.45, 7) is 6.67. The van der Waals surface area contributed by atoms with Crippen molar-refractivity contribution >= 4 is 29.3 Å². The van der Waals surface area contributed by atoms with E-state index in [0.29, 0.717) is 10.7 Å². The van der Waals surface area contributed by atoms with Crippen LogP contribution in [0.1, 0.15) is 27.7 Å². The second-order valence-electron chi connectivity index (χ2n) is 5.36. The SMILES string of the molecule is CC(ONC(=O)OC(C)(C)C)C(=O)Nc1cccc(Cl)c1. The minimum Gasteiger partial charge on any atom is -0.442 e. The average Bonchev–Trinajstić information content (AvgIpc) is 2.33. The Balaban J connectivity index is 2.43. The number of hydrogen-bond donors (Lipinski definition) is 2. The monoisotopic (exact) mass is 314 g/mol. The Morgan fingerprint density at radius 3 is 2.52 bits per heavy atom. The van der Waals surface area contributed by atoms with Crippen molar-refractivity contribution in [3.05, 3.63) is 29.3 Å². The molecule has 6 nitrogen and oxygen atoms in total. The largest absolute Gasteiger partial charge is 0.442 e. The van der Waals surface area contributed by atoms with Gasteiger partial charge in [-0.3, -0.25) is 9.63 Å². The number of hydrogen-bond acceptors (Lipinski definition) is 4. The minimum atomic E-state index is -0.892. The maximum Gasteiger partial charge on any atom is 0.431 e. The third kappa shape index (κ3) is 6.97. The van der Waals surface area contributed by atoms with Crippen LogP contribution in [-0.4, -0.2) is 23.7 Å². The van der Waals surface area contributed by atoms with E-state index in [1.165, 1.54) is 6.92 Å². The van der Waals surface area contributed by atoms with Crippen LogP contribution < -0.4 is 10.8 Å². The number of halogens is 1. The van der Waals surface area contributed by atoms with Gasteiger partial charge in [-0.05, 0) is 45.9 Å². The van der Waals surface area contributed by atoms with Gasteiger partial charge in [-0.15, -0.1) is 0 Å². The molecule has 7 heteroatoms. The van der Waals surface area contributed by atoms with Crippen molar-refractivity contribution in [1.29, 1.82) is 0 Å². The van der Waals surface area contributed by atoms with E-state index in [2.05, 4.69) is 10.8 Å². The van der Waals surface area contributed by atoms with E-state index in [4.69, 9.17) is 21.2 Å². The summed E-state index contributed by atoms with van der Waals surface area (Å²) in [6, 6.07) is 6.70. The van der Waals surface area contributed by atoms with E-state index in [0.717, 1.165) is 0 Å². The van der Waals surface area contributed by atoms with Gasteiger partial charge in [-0.25, -0.2) is 4.79 Å². The van der Waals surface area contributed by atoms with Gasteiger partial charge >= 0.3 is 6.09 Å². The standard InChI is InChI=1S/C14H19ClN2O4/c1-9(21-17-13(19)20-14(2,3)4)12(18)16-11-7-5-6-10(15)8-11/h5-9H,1-4H3,(H,16,18)(H,17,19). The molecule has 2 N–H and O–H groups in total. The Bertz CT molecular complexity index is 514. The molecular weight excluding hydrogens is 296 g/mol. The molecular formula is C14H19ClN2O4. The maximum atomic E-state index is 11.9. The fraction of sp³-hybridized carbons (Fsp3) is 0.429. The summed E-state index contributed by atoms with van der Waals surface area (Å²) < 4.78 is 4.98. The number of benzene rings is 1. The lowest BCUT2D eigenvalue weighted by Gasteiger charge is -2.20. The third-order valence-electron chi connectivity index (χ3n) is 2.18. The second kappa shape index (κ2) is 7.28. The number of nitrogens with one attached hydrogen (secondary N) is 2. The average molecular weight is 315 g/mol. The molecule has 1 unspecified atom stereocenters. The van der Waals surface area contributed by atoms with Crippen LogP contribution in [0.15, 0.2) is 24.3 Å². The van der Waals surface area contributed by atoms with Crippen LogP contribution in [0.25, 0.3) is 0 Å². The number of hydroxylamine groups is 1. The summed E-state index contributed by atoms with van der Waals surface area (Å²) in [5.74, 6) is -0.423. The van der Waals surface area contributed by atoms with Crippen molar-refractivity contribution in [2.75, 3.05) is 5.32 Å². The maximum absolute atomic E-state index is 11.9. The molecule has 0 saturated carbocycles. The van der Waals surface area contributed by atoms with Crippen LogP contribution >= 0.6 is 11.6 Å². The van der Waals surface area contributed by atoms with E-state index in [9.17, 15) is 9.59 Å². The van der Waals surface area contributed by atoms with Crippen LogP contribution in [-0.2, 0) is 14.4 Å². The smallest absolute Gasteiger partial charge is 0.431 e. The molecule has 0 aromatic heterocycles. The zero-order chi connectivity index (χ0) is 16.0. The molecule has 0 saturated heterocycles. The molecule has 21 heavy (non-hydrogen) atoms. The van der Waals surface area contributed by atoms with Gasteiger partial charge in [0, 0.05) is 10.7 Å². The van der Waals surface area contributed by atoms with E-state index < -0.39 is 23.7 Å². The molecule has 0 aliphatic rings. The predicted octanol–water partition coefficient (Wildman–Crippen LogP) is 3.12. The Labute approximate surface area is 128 Å². The van der Waals surface area contributed by atoms with E-state index in [1.807, 2.05) is 0 Å². The molecule has 0 spiro atoms. The number of anilines is 1. The van der Waals surface area contributed by atoms with Crippen LogP contribution in [0.3, 0.4) is 0 Å². The van der Waals surface area contributed by atoms with Crippen molar-refractivity contribution < 1.29 is 19.2 Å². The van der Waals surface area contributed by atoms with Crippen molar-refractivity contribution in [3.63, 3.8) is 0 Å². The minimum absolute atomic E-state index is 0.423. The lowest BCUT2D eigenvalue weighted by Crippen LogP contribution is -2.38. The van der Waals surface area contributed by atoms with Crippen LogP contribution in [0.2, 0.25) is 5.02 Å². The molecule has 0 fully saturated rings. The van der Waals surface area contributed by atoms with Gasteiger partial charge in [-0.1, -0.05) is 17.7 Å². The quantitative estimate of drug-likeness (QED) is 0.837. The first-order chi connectivity index (χ1) is 9.67. The molecule has 1 aromatic rings. The van der Waals surface area contributed by atoms with E-state index >= 15 is 0 Å². The predicted molar refractivity (Wildman–Crippen MR) is 80.0 cm³/mol. The fourth-order valence-corrected chi connectivity index (χ4v) is 1.49. The highest BCUT2D eigenvalue weighted by Crippen LogP contribution is 2.15. The molecule has 0 aliphatic carbocycles. The summed E-state index contributed by atoms with van der Waals surface area (Å²) in [4.78, 5) is 28.2. The van der Waals surface area contributed by atoms with Gasteiger partial charge < -0.3 is 10.1 Å². The number of carbonyl (C=O) groups is 2. The molecule has 0 heterocycles. The van der Waals surface area contributed by atoms with Gasteiger partial charge in [0.25, 0.3) is 5.91 Å². The molecule has 1 aromatic carbocycles. The first kappa shape index (κ1) is 17.3. The second-order valence-corrected chi connectivity index (χ2v) is 5.80. The van der Waals surface area contributed by atoms with Gasteiger partial charge in [0.05, 0.1) is 0 Å². The Kier molecular flexibility index (Phi) is 5.99. The number of carbonyl (C=O) groups excluding carboxylic acids is 2. The molecule has 1 rings (SSSR count). The summed E-state index contributed by atoms with van der Waals surface area (Å²) in [5.41, 5.74) is 1.97. The lowest BCUT2D eigenvalue weighted by atomic mass is 10.2. The highest BCUT2D eigenvalue weighted by molar-refractivity contribution is 6.30. The molecule has 1 atom stereocenters. The van der Waals surface area contributed by atoms with Gasteiger partial charge in [-0.2, -0.15) is 5.48 Å².